The fourth-order valence-electron chi connectivity index (χ4n) is 3.35. The van der Waals surface area contributed by atoms with Crippen LogP contribution in [0.25, 0.3) is 0 Å². The van der Waals surface area contributed by atoms with Gasteiger partial charge in [-0.05, 0) is 57.5 Å². The molecule has 13 heteroatoms. The molecule has 37 heavy (non-hydrogen) atoms. The van der Waals surface area contributed by atoms with Gasteiger partial charge in [0.15, 0.2) is 5.82 Å². The summed E-state index contributed by atoms with van der Waals surface area (Å²) in [7, 11) is -3.31. The van der Waals surface area contributed by atoms with E-state index in [1.54, 1.807) is 39.8 Å². The lowest BCUT2D eigenvalue weighted by atomic mass is 10.0. The molecule has 1 aromatic heterocycles. The van der Waals surface area contributed by atoms with Crippen LogP contribution in [0, 0.1) is 11.6 Å². The second kappa shape index (κ2) is 11.3. The number of hydrogen-bond donors (Lipinski definition) is 1. The minimum Gasteiger partial charge on any atom is -0.443 e. The van der Waals surface area contributed by atoms with E-state index in [1.807, 2.05) is 0 Å². The topological polar surface area (TPSA) is 97.8 Å². The van der Waals surface area contributed by atoms with Gasteiger partial charge in [0.1, 0.15) is 22.1 Å². The van der Waals surface area contributed by atoms with Gasteiger partial charge in [-0.3, -0.25) is 0 Å². The first-order valence-corrected chi connectivity index (χ1v) is 13.7. The number of sulfonamides is 1. The highest BCUT2D eigenvalue weighted by Gasteiger charge is 2.38. The third kappa shape index (κ3) is 6.75. The maximum atomic E-state index is 15.3. The van der Waals surface area contributed by atoms with Gasteiger partial charge >= 0.3 is 6.09 Å². The van der Waals surface area contributed by atoms with E-state index >= 15 is 4.39 Å². The molecular formula is C24H26ClF2N3O5S2. The highest BCUT2D eigenvalue weighted by atomic mass is 35.5. The van der Waals surface area contributed by atoms with Gasteiger partial charge in [0.05, 0.1) is 28.9 Å². The Hall–Kier alpha value is -2.80. The van der Waals surface area contributed by atoms with Gasteiger partial charge in [-0.2, -0.15) is 0 Å². The van der Waals surface area contributed by atoms with Crippen molar-refractivity contribution < 1.29 is 31.5 Å². The third-order valence-corrected chi connectivity index (χ3v) is 7.51. The molecule has 0 saturated heterocycles. The summed E-state index contributed by atoms with van der Waals surface area (Å²) in [5, 5.41) is 4.05. The molecule has 0 aliphatic rings. The number of aromatic nitrogens is 1. The van der Waals surface area contributed by atoms with Crippen LogP contribution >= 0.6 is 22.9 Å². The number of carbonyl (C=O) groups is 1. The zero-order valence-electron chi connectivity index (χ0n) is 20.7. The molecule has 0 aliphatic carbocycles. The maximum Gasteiger partial charge on any atom is 0.430 e. The molecule has 0 unspecified atom stereocenters. The van der Waals surface area contributed by atoms with Crippen molar-refractivity contribution in [2.75, 3.05) is 16.7 Å². The van der Waals surface area contributed by atoms with E-state index in [0.717, 1.165) is 29.0 Å². The molecule has 0 radical (unpaired) electrons. The van der Waals surface area contributed by atoms with Crippen molar-refractivity contribution >= 4 is 50.6 Å². The minimum atomic E-state index is -4.82. The van der Waals surface area contributed by atoms with Gasteiger partial charge in [-0.1, -0.05) is 17.7 Å². The number of anilines is 2. The molecule has 3 rings (SSSR count). The van der Waals surface area contributed by atoms with Crippen LogP contribution in [-0.4, -0.2) is 32.2 Å². The summed E-state index contributed by atoms with van der Waals surface area (Å²) < 4.78 is 67.2. The Balaban J connectivity index is 1.98. The molecular weight excluding hydrogens is 548 g/mol. The molecule has 1 atom stereocenters. The predicted octanol–water partition coefficient (Wildman–Crippen LogP) is 6.52. The summed E-state index contributed by atoms with van der Waals surface area (Å²) in [6, 6.07) is 5.57. The number of nitrogens with zero attached hydrogens (tertiary/aromatic N) is 2. The van der Waals surface area contributed by atoms with Crippen LogP contribution in [0.3, 0.4) is 0 Å². The maximum absolute atomic E-state index is 15.3. The number of nitrogens with one attached hydrogen (secondary N) is 1. The average molecular weight is 574 g/mol. The lowest BCUT2D eigenvalue weighted by molar-refractivity contribution is 0.0608. The van der Waals surface area contributed by atoms with E-state index in [4.69, 9.17) is 21.1 Å². The summed E-state index contributed by atoms with van der Waals surface area (Å²) in [6.45, 7) is 6.59. The molecule has 200 valence electrons. The van der Waals surface area contributed by atoms with Crippen molar-refractivity contribution in [3.8, 4) is 0 Å². The SMILES string of the molecule is COCc1ccc(F)c([C@H](C)Nc2cc(F)c(S(=O)(=O)N(C(=O)OC(C)(C)C)c3cscn3)cc2Cl)c1. The minimum absolute atomic E-state index is 0.0274. The Morgan fingerprint density at radius 2 is 1.92 bits per heavy atom. The van der Waals surface area contributed by atoms with Crippen LogP contribution < -0.4 is 9.62 Å². The monoisotopic (exact) mass is 573 g/mol. The molecule has 0 saturated carbocycles. The number of hydrogen-bond acceptors (Lipinski definition) is 8. The third-order valence-electron chi connectivity index (χ3n) is 4.94. The van der Waals surface area contributed by atoms with E-state index in [9.17, 15) is 17.6 Å². The predicted molar refractivity (Wildman–Crippen MR) is 139 cm³/mol. The number of thiazole rings is 1. The van der Waals surface area contributed by atoms with Crippen molar-refractivity contribution in [2.45, 2.75) is 50.8 Å². The first-order chi connectivity index (χ1) is 17.2. The molecule has 1 N–H and O–H groups in total. The molecule has 1 amide bonds. The number of carbonyl (C=O) groups excluding carboxylic acids is 1. The van der Waals surface area contributed by atoms with Gasteiger partial charge in [0.2, 0.25) is 0 Å². The largest absolute Gasteiger partial charge is 0.443 e. The van der Waals surface area contributed by atoms with Crippen LogP contribution in [0.1, 0.15) is 44.9 Å². The van der Waals surface area contributed by atoms with Crippen LogP contribution in [0.4, 0.5) is 25.1 Å². The van der Waals surface area contributed by atoms with Crippen molar-refractivity contribution in [2.24, 2.45) is 0 Å². The lowest BCUT2D eigenvalue weighted by Gasteiger charge is -2.26. The van der Waals surface area contributed by atoms with E-state index in [0.29, 0.717) is 0 Å². The molecule has 3 aromatic rings. The van der Waals surface area contributed by atoms with Crippen LogP contribution in [0.15, 0.2) is 46.1 Å². The molecule has 2 aromatic carbocycles. The van der Waals surface area contributed by atoms with Crippen molar-refractivity contribution in [3.63, 3.8) is 0 Å². The van der Waals surface area contributed by atoms with Crippen molar-refractivity contribution in [1.82, 2.24) is 4.98 Å². The fourth-order valence-corrected chi connectivity index (χ4v) is 5.57. The van der Waals surface area contributed by atoms with Crippen LogP contribution in [0.5, 0.6) is 0 Å². The number of rotatable bonds is 8. The molecule has 0 fully saturated rings. The normalized spacial score (nSPS) is 12.8. The first kappa shape index (κ1) is 28.8. The molecule has 1 heterocycles. The van der Waals surface area contributed by atoms with E-state index < -0.39 is 44.3 Å². The Morgan fingerprint density at radius 1 is 1.22 bits per heavy atom. The van der Waals surface area contributed by atoms with E-state index in [2.05, 4.69) is 10.3 Å². The number of ether oxygens (including phenoxy) is 2. The number of halogens is 3. The highest BCUT2D eigenvalue weighted by molar-refractivity contribution is 7.93. The second-order valence-corrected chi connectivity index (χ2v) is 11.9. The van der Waals surface area contributed by atoms with Crippen molar-refractivity contribution in [1.29, 1.82) is 0 Å². The highest BCUT2D eigenvalue weighted by Crippen LogP contribution is 2.34. The summed E-state index contributed by atoms with van der Waals surface area (Å²) in [5.41, 5.74) is 1.33. The number of methoxy groups -OCH3 is 1. The van der Waals surface area contributed by atoms with Crippen LogP contribution in [0.2, 0.25) is 5.02 Å². The van der Waals surface area contributed by atoms with Crippen LogP contribution in [-0.2, 0) is 26.1 Å². The summed E-state index contributed by atoms with van der Waals surface area (Å²) in [5.74, 6) is -1.93. The Bertz CT molecular complexity index is 1380. The summed E-state index contributed by atoms with van der Waals surface area (Å²) in [4.78, 5) is 15.8. The zero-order valence-corrected chi connectivity index (χ0v) is 23.1. The van der Waals surface area contributed by atoms with Gasteiger partial charge in [-0.15, -0.1) is 15.6 Å². The fraction of sp³-hybridized carbons (Fsp3) is 0.333. The molecule has 0 spiro atoms. The lowest BCUT2D eigenvalue weighted by Crippen LogP contribution is -2.41. The molecule has 0 bridgehead atoms. The van der Waals surface area contributed by atoms with Gasteiger partial charge < -0.3 is 14.8 Å². The van der Waals surface area contributed by atoms with E-state index in [-0.39, 0.29) is 33.0 Å². The second-order valence-electron chi connectivity index (χ2n) is 9.01. The van der Waals surface area contributed by atoms with Crippen molar-refractivity contribution in [3.05, 3.63) is 69.0 Å². The Labute approximate surface area is 223 Å². The van der Waals surface area contributed by atoms with Gasteiger partial charge in [0, 0.05) is 18.1 Å². The van der Waals surface area contributed by atoms with Gasteiger partial charge in [-0.25, -0.2) is 27.0 Å². The summed E-state index contributed by atoms with van der Waals surface area (Å²) in [6.07, 6.45) is -1.25. The standard InChI is InChI=1S/C24H26ClF2N3O5S2/c1-14(16-8-15(11-34-5)6-7-18(16)26)29-20-10-19(27)21(9-17(20)25)37(32,33)30(22-12-36-13-28-22)23(31)35-24(2,3)4/h6-10,12-14,29H,11H2,1-5H3/t14-/m0/s1. The Kier molecular flexibility index (Phi) is 8.78. The average Bonchev–Trinajstić information content (AvgIpc) is 3.30. The molecule has 0 aliphatic heterocycles. The first-order valence-electron chi connectivity index (χ1n) is 10.9. The smallest absolute Gasteiger partial charge is 0.430 e. The van der Waals surface area contributed by atoms with Gasteiger partial charge in [0.25, 0.3) is 10.0 Å². The zero-order chi connectivity index (χ0) is 27.5. The number of amides is 1. The quantitative estimate of drug-likeness (QED) is 0.327. The summed E-state index contributed by atoms with van der Waals surface area (Å²) >= 11 is 7.36. The van der Waals surface area contributed by atoms with E-state index in [1.165, 1.54) is 24.1 Å². The molecule has 8 nitrogen and oxygen atoms in total. The Morgan fingerprint density at radius 3 is 2.51 bits per heavy atom. The number of benzene rings is 2.